The van der Waals surface area contributed by atoms with Crippen molar-refractivity contribution in [2.45, 2.75) is 31.6 Å². The maximum absolute atomic E-state index is 12.6. The van der Waals surface area contributed by atoms with Crippen LogP contribution >= 0.6 is 0 Å². The van der Waals surface area contributed by atoms with E-state index in [2.05, 4.69) is 11.4 Å². The van der Waals surface area contributed by atoms with Gasteiger partial charge in [-0.2, -0.15) is 10.5 Å². The number of nitrogens with one attached hydrogen (secondary N) is 1. The van der Waals surface area contributed by atoms with Crippen LogP contribution in [0.4, 0.5) is 0 Å². The summed E-state index contributed by atoms with van der Waals surface area (Å²) < 4.78 is 5.83. The van der Waals surface area contributed by atoms with Crippen molar-refractivity contribution in [3.8, 4) is 17.9 Å². The number of nitriles is 2. The molecule has 3 rings (SSSR count). The van der Waals surface area contributed by atoms with Crippen LogP contribution in [0.15, 0.2) is 42.5 Å². The molecule has 6 nitrogen and oxygen atoms in total. The Hall–Kier alpha value is -3.35. The third-order valence-electron chi connectivity index (χ3n) is 4.44. The minimum Gasteiger partial charge on any atom is -0.485 e. The summed E-state index contributed by atoms with van der Waals surface area (Å²) in [5.41, 5.74) is 0.884. The Morgan fingerprint density at radius 1 is 1.12 bits per heavy atom. The average molecular weight is 347 g/mol. The maximum Gasteiger partial charge on any atom is 0.251 e. The fraction of sp³-hybridized carbons (Fsp3) is 0.250. The molecule has 0 aliphatic carbocycles. The Morgan fingerprint density at radius 3 is 2.35 bits per heavy atom. The lowest BCUT2D eigenvalue weighted by Crippen LogP contribution is -2.53. The average Bonchev–Trinajstić information content (AvgIpc) is 2.65. The van der Waals surface area contributed by atoms with E-state index >= 15 is 0 Å². The Morgan fingerprint density at radius 2 is 1.73 bits per heavy atom. The van der Waals surface area contributed by atoms with Gasteiger partial charge in [0.15, 0.2) is 0 Å². The van der Waals surface area contributed by atoms with Gasteiger partial charge in [0.2, 0.25) is 0 Å². The summed E-state index contributed by atoms with van der Waals surface area (Å²) in [5, 5.41) is 31.5. The van der Waals surface area contributed by atoms with Crippen molar-refractivity contribution in [1.82, 2.24) is 5.32 Å². The monoisotopic (exact) mass is 347 g/mol. The van der Waals surface area contributed by atoms with Crippen LogP contribution in [0.5, 0.6) is 5.75 Å². The zero-order valence-corrected chi connectivity index (χ0v) is 14.4. The summed E-state index contributed by atoms with van der Waals surface area (Å²) in [6.45, 7) is 3.47. The number of ether oxygens (including phenoxy) is 1. The third kappa shape index (κ3) is 3.11. The minimum absolute atomic E-state index is 0.374. The molecule has 1 aliphatic rings. The lowest BCUT2D eigenvalue weighted by atomic mass is 9.85. The molecule has 0 saturated carbocycles. The van der Waals surface area contributed by atoms with E-state index in [0.29, 0.717) is 28.0 Å². The molecular weight excluding hydrogens is 330 g/mol. The van der Waals surface area contributed by atoms with Gasteiger partial charge in [-0.25, -0.2) is 0 Å². The molecule has 0 radical (unpaired) electrons. The number of carbonyl (C=O) groups excluding carboxylic acids is 1. The van der Waals surface area contributed by atoms with Crippen molar-refractivity contribution in [3.63, 3.8) is 0 Å². The standard InChI is InChI=1S/C20H17N3O3/c1-20(2)18(24)17(15-9-13(11-22)5-8-16(15)26-20)23-19(25)14-6-3-12(10-21)4-7-14/h3-9,17-18,24H,1-2H3,(H,23,25)/t17-,18+/m1/s1. The molecule has 1 amide bonds. The second-order valence-electron chi connectivity index (χ2n) is 6.66. The number of amides is 1. The molecule has 0 unspecified atom stereocenters. The van der Waals surface area contributed by atoms with Crippen LogP contribution in [0.2, 0.25) is 0 Å². The summed E-state index contributed by atoms with van der Waals surface area (Å²) in [6.07, 6.45) is -1.01. The lowest BCUT2D eigenvalue weighted by molar-refractivity contribution is -0.0627. The van der Waals surface area contributed by atoms with Gasteiger partial charge in [0.1, 0.15) is 17.5 Å². The second kappa shape index (κ2) is 6.51. The molecule has 0 saturated heterocycles. The number of hydrogen-bond acceptors (Lipinski definition) is 5. The van der Waals surface area contributed by atoms with Crippen molar-refractivity contribution < 1.29 is 14.6 Å². The van der Waals surface area contributed by atoms with Gasteiger partial charge in [-0.1, -0.05) is 0 Å². The van der Waals surface area contributed by atoms with E-state index in [1.165, 1.54) is 0 Å². The maximum atomic E-state index is 12.6. The van der Waals surface area contributed by atoms with Crippen LogP contribution in [0.1, 0.15) is 46.9 Å². The van der Waals surface area contributed by atoms with Crippen molar-refractivity contribution in [1.29, 1.82) is 10.5 Å². The molecule has 0 spiro atoms. The van der Waals surface area contributed by atoms with E-state index in [1.54, 1.807) is 56.3 Å². The van der Waals surface area contributed by atoms with E-state index in [9.17, 15) is 9.90 Å². The zero-order valence-electron chi connectivity index (χ0n) is 14.4. The molecule has 2 aromatic rings. The molecule has 1 aliphatic heterocycles. The molecule has 0 bridgehead atoms. The fourth-order valence-corrected chi connectivity index (χ4v) is 2.95. The second-order valence-corrected chi connectivity index (χ2v) is 6.66. The van der Waals surface area contributed by atoms with E-state index in [-0.39, 0.29) is 5.91 Å². The molecule has 130 valence electrons. The third-order valence-corrected chi connectivity index (χ3v) is 4.44. The van der Waals surface area contributed by atoms with Gasteiger partial charge in [0.05, 0.1) is 29.3 Å². The van der Waals surface area contributed by atoms with E-state index in [1.807, 2.05) is 6.07 Å². The normalized spacial score (nSPS) is 20.0. The van der Waals surface area contributed by atoms with Gasteiger partial charge in [0.25, 0.3) is 5.91 Å². The SMILES string of the molecule is CC1(C)Oc2ccc(C#N)cc2[C@@H](NC(=O)c2ccc(C#N)cc2)[C@@H]1O. The Kier molecular flexibility index (Phi) is 4.38. The van der Waals surface area contributed by atoms with Gasteiger partial charge in [-0.05, 0) is 56.3 Å². The van der Waals surface area contributed by atoms with Crippen LogP contribution in [-0.2, 0) is 0 Å². The fourth-order valence-electron chi connectivity index (χ4n) is 2.95. The number of benzene rings is 2. The van der Waals surface area contributed by atoms with Crippen LogP contribution in [0.25, 0.3) is 0 Å². The number of hydrogen-bond donors (Lipinski definition) is 2. The molecule has 2 N–H and O–H groups in total. The van der Waals surface area contributed by atoms with Crippen LogP contribution in [-0.4, -0.2) is 22.7 Å². The zero-order chi connectivity index (χ0) is 18.9. The van der Waals surface area contributed by atoms with E-state index in [0.717, 1.165) is 0 Å². The topological polar surface area (TPSA) is 106 Å². The van der Waals surface area contributed by atoms with Gasteiger partial charge >= 0.3 is 0 Å². The number of nitrogens with zero attached hydrogens (tertiary/aromatic N) is 2. The summed E-state index contributed by atoms with van der Waals surface area (Å²) >= 11 is 0. The molecule has 26 heavy (non-hydrogen) atoms. The summed E-state index contributed by atoms with van der Waals surface area (Å²) in [5.74, 6) is 0.133. The summed E-state index contributed by atoms with van der Waals surface area (Å²) in [4.78, 5) is 12.6. The van der Waals surface area contributed by atoms with Gasteiger partial charge in [-0.15, -0.1) is 0 Å². The summed E-state index contributed by atoms with van der Waals surface area (Å²) in [7, 11) is 0. The van der Waals surface area contributed by atoms with Crippen LogP contribution in [0.3, 0.4) is 0 Å². The molecule has 2 aromatic carbocycles. The molecule has 0 fully saturated rings. The first-order chi connectivity index (χ1) is 12.4. The van der Waals surface area contributed by atoms with Gasteiger partial charge in [-0.3, -0.25) is 4.79 Å². The van der Waals surface area contributed by atoms with Gasteiger partial charge < -0.3 is 15.2 Å². The van der Waals surface area contributed by atoms with Crippen LogP contribution in [0, 0.1) is 22.7 Å². The minimum atomic E-state index is -1.01. The molecule has 1 heterocycles. The highest BCUT2D eigenvalue weighted by molar-refractivity contribution is 5.94. The number of aliphatic hydroxyl groups excluding tert-OH is 1. The number of aliphatic hydroxyl groups is 1. The first kappa shape index (κ1) is 17.5. The van der Waals surface area contributed by atoms with Crippen LogP contribution < -0.4 is 10.1 Å². The Bertz CT molecular complexity index is 936. The number of fused-ring (bicyclic) bond motifs is 1. The highest BCUT2D eigenvalue weighted by atomic mass is 16.5. The highest BCUT2D eigenvalue weighted by Crippen LogP contribution is 2.40. The van der Waals surface area contributed by atoms with Crippen molar-refractivity contribution in [2.24, 2.45) is 0 Å². The molecule has 6 heteroatoms. The van der Waals surface area contributed by atoms with Gasteiger partial charge in [0, 0.05) is 11.1 Å². The highest BCUT2D eigenvalue weighted by Gasteiger charge is 2.43. The first-order valence-electron chi connectivity index (χ1n) is 8.08. The number of carbonyl (C=O) groups is 1. The molecular formula is C20H17N3O3. The predicted molar refractivity (Wildman–Crippen MR) is 93.2 cm³/mol. The summed E-state index contributed by atoms with van der Waals surface area (Å²) in [6, 6.07) is 14.4. The predicted octanol–water partition coefficient (Wildman–Crippen LogP) is 2.43. The lowest BCUT2D eigenvalue weighted by Gasteiger charge is -2.42. The van der Waals surface area contributed by atoms with E-state index in [4.69, 9.17) is 15.3 Å². The number of rotatable bonds is 2. The van der Waals surface area contributed by atoms with Crippen molar-refractivity contribution in [2.75, 3.05) is 0 Å². The quantitative estimate of drug-likeness (QED) is 0.868. The molecule has 2 atom stereocenters. The first-order valence-corrected chi connectivity index (χ1v) is 8.08. The van der Waals surface area contributed by atoms with Crippen molar-refractivity contribution in [3.05, 3.63) is 64.7 Å². The smallest absolute Gasteiger partial charge is 0.251 e. The van der Waals surface area contributed by atoms with E-state index < -0.39 is 17.7 Å². The Labute approximate surface area is 151 Å². The molecule has 0 aromatic heterocycles. The largest absolute Gasteiger partial charge is 0.485 e. The Balaban J connectivity index is 1.96. The van der Waals surface area contributed by atoms with Crippen molar-refractivity contribution >= 4 is 5.91 Å².